The fourth-order valence-corrected chi connectivity index (χ4v) is 2.19. The van der Waals surface area contributed by atoms with E-state index in [1.165, 1.54) is 6.42 Å². The number of hydrogen-bond acceptors (Lipinski definition) is 2. The van der Waals surface area contributed by atoms with Gasteiger partial charge < -0.3 is 9.64 Å². The monoisotopic (exact) mass is 233 g/mol. The molecule has 17 heavy (non-hydrogen) atoms. The van der Waals surface area contributed by atoms with Crippen LogP contribution in [-0.4, -0.2) is 31.0 Å². The number of likely N-dealkylation sites (tertiary alicyclic amines) is 1. The molecule has 0 atom stereocenters. The molecular weight excluding hydrogens is 214 g/mol. The van der Waals surface area contributed by atoms with E-state index in [1.54, 1.807) is 7.11 Å². The van der Waals surface area contributed by atoms with Crippen LogP contribution in [0.15, 0.2) is 24.3 Å². The first-order valence-electron chi connectivity index (χ1n) is 6.18. The van der Waals surface area contributed by atoms with Crippen molar-refractivity contribution in [2.75, 3.05) is 20.2 Å². The van der Waals surface area contributed by atoms with Crippen LogP contribution in [0.3, 0.4) is 0 Å². The van der Waals surface area contributed by atoms with E-state index in [9.17, 15) is 4.79 Å². The Morgan fingerprint density at radius 2 is 1.82 bits per heavy atom. The zero-order valence-corrected chi connectivity index (χ0v) is 10.3. The number of nitrogens with zero attached hydrogens (tertiary/aromatic N) is 1. The normalized spacial score (nSPS) is 15.9. The van der Waals surface area contributed by atoms with E-state index in [1.807, 2.05) is 29.2 Å². The lowest BCUT2D eigenvalue weighted by Gasteiger charge is -2.26. The second-order valence-electron chi connectivity index (χ2n) is 4.48. The highest BCUT2D eigenvalue weighted by molar-refractivity contribution is 5.94. The van der Waals surface area contributed by atoms with Gasteiger partial charge in [0.25, 0.3) is 5.91 Å². The molecule has 1 amide bonds. The van der Waals surface area contributed by atoms with Gasteiger partial charge in [-0.05, 0) is 37.0 Å². The van der Waals surface area contributed by atoms with Crippen LogP contribution in [0.2, 0.25) is 0 Å². The van der Waals surface area contributed by atoms with Gasteiger partial charge in [0.1, 0.15) is 0 Å². The van der Waals surface area contributed by atoms with Gasteiger partial charge in [-0.25, -0.2) is 0 Å². The van der Waals surface area contributed by atoms with Crippen molar-refractivity contribution >= 4 is 5.91 Å². The number of amides is 1. The molecule has 1 saturated heterocycles. The lowest BCUT2D eigenvalue weighted by molar-refractivity contribution is 0.0724. The molecule has 1 aliphatic rings. The van der Waals surface area contributed by atoms with Gasteiger partial charge in [-0.15, -0.1) is 0 Å². The van der Waals surface area contributed by atoms with Crippen LogP contribution < -0.4 is 0 Å². The summed E-state index contributed by atoms with van der Waals surface area (Å²) in [6.07, 6.45) is 3.51. The van der Waals surface area contributed by atoms with Gasteiger partial charge in [-0.3, -0.25) is 4.79 Å². The van der Waals surface area contributed by atoms with Gasteiger partial charge in [0.05, 0.1) is 6.61 Å². The Balaban J connectivity index is 2.03. The molecule has 0 saturated carbocycles. The Kier molecular flexibility index (Phi) is 4.15. The number of ether oxygens (including phenoxy) is 1. The maximum Gasteiger partial charge on any atom is 0.253 e. The lowest BCUT2D eigenvalue weighted by atomic mass is 10.1. The highest BCUT2D eigenvalue weighted by atomic mass is 16.5. The first-order chi connectivity index (χ1) is 8.31. The highest BCUT2D eigenvalue weighted by Crippen LogP contribution is 2.14. The van der Waals surface area contributed by atoms with Crippen molar-refractivity contribution in [3.8, 4) is 0 Å². The summed E-state index contributed by atoms with van der Waals surface area (Å²) in [5, 5.41) is 0. The summed E-state index contributed by atoms with van der Waals surface area (Å²) in [5.41, 5.74) is 1.88. The SMILES string of the molecule is COCc1ccc(C(=O)N2CCCCC2)cc1. The van der Waals surface area contributed by atoms with Crippen molar-refractivity contribution in [3.63, 3.8) is 0 Å². The molecule has 0 aliphatic carbocycles. The average molecular weight is 233 g/mol. The number of carbonyl (C=O) groups excluding carboxylic acids is 1. The topological polar surface area (TPSA) is 29.5 Å². The Bertz CT molecular complexity index is 366. The summed E-state index contributed by atoms with van der Waals surface area (Å²) in [6.45, 7) is 2.40. The molecule has 1 aromatic carbocycles. The predicted octanol–water partition coefficient (Wildman–Crippen LogP) is 2.46. The number of carbonyl (C=O) groups is 1. The summed E-state index contributed by atoms with van der Waals surface area (Å²) < 4.78 is 5.05. The molecule has 92 valence electrons. The predicted molar refractivity (Wildman–Crippen MR) is 66.9 cm³/mol. The average Bonchev–Trinajstić information content (AvgIpc) is 2.40. The zero-order chi connectivity index (χ0) is 12.1. The molecule has 0 spiro atoms. The lowest BCUT2D eigenvalue weighted by Crippen LogP contribution is -2.35. The molecular formula is C14H19NO2. The molecule has 1 aliphatic heterocycles. The molecule has 0 aromatic heterocycles. The first kappa shape index (κ1) is 12.1. The van der Waals surface area contributed by atoms with Crippen molar-refractivity contribution in [1.82, 2.24) is 4.90 Å². The van der Waals surface area contributed by atoms with Crippen molar-refractivity contribution in [3.05, 3.63) is 35.4 Å². The quantitative estimate of drug-likeness (QED) is 0.802. The summed E-state index contributed by atoms with van der Waals surface area (Å²) in [7, 11) is 1.67. The van der Waals surface area contributed by atoms with Gasteiger partial charge in [0.15, 0.2) is 0 Å². The van der Waals surface area contributed by atoms with Crippen LogP contribution in [0.4, 0.5) is 0 Å². The van der Waals surface area contributed by atoms with E-state index >= 15 is 0 Å². The number of piperidine rings is 1. The minimum atomic E-state index is 0.161. The third-order valence-electron chi connectivity index (χ3n) is 3.16. The van der Waals surface area contributed by atoms with E-state index < -0.39 is 0 Å². The van der Waals surface area contributed by atoms with Crippen molar-refractivity contribution in [2.24, 2.45) is 0 Å². The third kappa shape index (κ3) is 3.07. The van der Waals surface area contributed by atoms with Crippen LogP contribution >= 0.6 is 0 Å². The molecule has 2 rings (SSSR count). The van der Waals surface area contributed by atoms with Crippen molar-refractivity contribution in [1.29, 1.82) is 0 Å². The van der Waals surface area contributed by atoms with Crippen LogP contribution in [0.25, 0.3) is 0 Å². The van der Waals surface area contributed by atoms with Crippen LogP contribution in [-0.2, 0) is 11.3 Å². The Morgan fingerprint density at radius 1 is 1.18 bits per heavy atom. The fourth-order valence-electron chi connectivity index (χ4n) is 2.19. The van der Waals surface area contributed by atoms with E-state index in [0.29, 0.717) is 6.61 Å². The van der Waals surface area contributed by atoms with Gasteiger partial charge in [-0.2, -0.15) is 0 Å². The maximum absolute atomic E-state index is 12.2. The molecule has 0 bridgehead atoms. The van der Waals surface area contributed by atoms with Gasteiger partial charge in [0, 0.05) is 25.8 Å². The second kappa shape index (κ2) is 5.82. The minimum Gasteiger partial charge on any atom is -0.380 e. The van der Waals surface area contributed by atoms with Crippen molar-refractivity contribution in [2.45, 2.75) is 25.9 Å². The van der Waals surface area contributed by atoms with E-state index in [4.69, 9.17) is 4.74 Å². The number of methoxy groups -OCH3 is 1. The summed E-state index contributed by atoms with van der Waals surface area (Å²) >= 11 is 0. The summed E-state index contributed by atoms with van der Waals surface area (Å²) in [5.74, 6) is 0.161. The molecule has 0 radical (unpaired) electrons. The number of benzene rings is 1. The Morgan fingerprint density at radius 3 is 2.41 bits per heavy atom. The zero-order valence-electron chi connectivity index (χ0n) is 10.3. The maximum atomic E-state index is 12.2. The van der Waals surface area contributed by atoms with Gasteiger partial charge >= 0.3 is 0 Å². The fraction of sp³-hybridized carbons (Fsp3) is 0.500. The van der Waals surface area contributed by atoms with Gasteiger partial charge in [0.2, 0.25) is 0 Å². The number of rotatable bonds is 3. The van der Waals surface area contributed by atoms with E-state index in [0.717, 1.165) is 37.1 Å². The molecule has 3 nitrogen and oxygen atoms in total. The largest absolute Gasteiger partial charge is 0.380 e. The second-order valence-corrected chi connectivity index (χ2v) is 4.48. The van der Waals surface area contributed by atoms with Crippen molar-refractivity contribution < 1.29 is 9.53 Å². The standard InChI is InChI=1S/C14H19NO2/c1-17-11-12-5-7-13(8-6-12)14(16)15-9-3-2-4-10-15/h5-8H,2-4,9-11H2,1H3. The highest BCUT2D eigenvalue weighted by Gasteiger charge is 2.17. The molecule has 3 heteroatoms. The minimum absolute atomic E-state index is 0.161. The Labute approximate surface area is 102 Å². The van der Waals surface area contributed by atoms with Crippen LogP contribution in [0.5, 0.6) is 0 Å². The van der Waals surface area contributed by atoms with Crippen LogP contribution in [0.1, 0.15) is 35.2 Å². The Hall–Kier alpha value is -1.35. The molecule has 0 unspecified atom stereocenters. The molecule has 1 heterocycles. The number of hydrogen-bond donors (Lipinski definition) is 0. The van der Waals surface area contributed by atoms with Crippen LogP contribution in [0, 0.1) is 0 Å². The smallest absolute Gasteiger partial charge is 0.253 e. The van der Waals surface area contributed by atoms with Gasteiger partial charge in [-0.1, -0.05) is 12.1 Å². The summed E-state index contributed by atoms with van der Waals surface area (Å²) in [6, 6.07) is 7.71. The van der Waals surface area contributed by atoms with E-state index in [2.05, 4.69) is 0 Å². The molecule has 0 N–H and O–H groups in total. The molecule has 1 aromatic rings. The molecule has 1 fully saturated rings. The first-order valence-corrected chi connectivity index (χ1v) is 6.18. The third-order valence-corrected chi connectivity index (χ3v) is 3.16. The van der Waals surface area contributed by atoms with E-state index in [-0.39, 0.29) is 5.91 Å². The summed E-state index contributed by atoms with van der Waals surface area (Å²) in [4.78, 5) is 14.1.